The summed E-state index contributed by atoms with van der Waals surface area (Å²) in [5.74, 6) is -1.21. The zero-order valence-electron chi connectivity index (χ0n) is 11.0. The van der Waals surface area contributed by atoms with Gasteiger partial charge in [0.05, 0.1) is 5.56 Å². The summed E-state index contributed by atoms with van der Waals surface area (Å²) in [7, 11) is 0. The zero-order chi connectivity index (χ0) is 14.4. The average Bonchev–Trinajstić information content (AvgIpc) is 2.35. The number of hydrogen-bond donors (Lipinski definition) is 2. The van der Waals surface area contributed by atoms with Gasteiger partial charge in [-0.05, 0) is 30.0 Å². The van der Waals surface area contributed by atoms with Crippen molar-refractivity contribution >= 4 is 5.97 Å². The minimum Gasteiger partial charge on any atom is -0.480 e. The molecule has 0 spiro atoms. The number of carboxylic acids is 1. The quantitative estimate of drug-likeness (QED) is 0.826. The predicted molar refractivity (Wildman–Crippen MR) is 68.8 cm³/mol. The van der Waals surface area contributed by atoms with E-state index in [1.54, 1.807) is 6.07 Å². The highest BCUT2D eigenvalue weighted by atomic mass is 19.1. The zero-order valence-corrected chi connectivity index (χ0v) is 11.0. The van der Waals surface area contributed by atoms with E-state index in [9.17, 15) is 9.18 Å². The maximum atomic E-state index is 13.1. The van der Waals surface area contributed by atoms with Crippen LogP contribution < -0.4 is 5.32 Å². The Hall–Kier alpha value is -1.93. The molecule has 0 bridgehead atoms. The fourth-order valence-electron chi connectivity index (χ4n) is 1.75. The Morgan fingerprint density at radius 2 is 2.21 bits per heavy atom. The molecule has 0 saturated carbocycles. The number of nitriles is 1. The van der Waals surface area contributed by atoms with Crippen LogP contribution in [0.5, 0.6) is 0 Å². The third-order valence-electron chi connectivity index (χ3n) is 2.71. The van der Waals surface area contributed by atoms with Crippen molar-refractivity contribution in [3.63, 3.8) is 0 Å². The van der Waals surface area contributed by atoms with Gasteiger partial charge in [0.15, 0.2) is 0 Å². The molecule has 0 aliphatic rings. The van der Waals surface area contributed by atoms with Gasteiger partial charge in [-0.25, -0.2) is 4.39 Å². The highest BCUT2D eigenvalue weighted by Crippen LogP contribution is 2.11. The molecule has 1 rings (SSSR count). The number of carboxylic acid groups (broad SMARTS) is 1. The van der Waals surface area contributed by atoms with Gasteiger partial charge in [0.25, 0.3) is 0 Å². The number of halogens is 1. The number of hydrogen-bond acceptors (Lipinski definition) is 3. The van der Waals surface area contributed by atoms with E-state index in [1.165, 1.54) is 18.2 Å². The van der Waals surface area contributed by atoms with Crippen molar-refractivity contribution in [3.05, 3.63) is 35.1 Å². The molecule has 0 amide bonds. The van der Waals surface area contributed by atoms with Crippen molar-refractivity contribution in [1.29, 1.82) is 5.26 Å². The van der Waals surface area contributed by atoms with Gasteiger partial charge in [-0.3, -0.25) is 4.79 Å². The van der Waals surface area contributed by atoms with Crippen molar-refractivity contribution in [2.24, 2.45) is 5.92 Å². The summed E-state index contributed by atoms with van der Waals surface area (Å²) >= 11 is 0. The van der Waals surface area contributed by atoms with E-state index in [0.717, 1.165) is 0 Å². The van der Waals surface area contributed by atoms with Gasteiger partial charge in [0.2, 0.25) is 0 Å². The molecular weight excluding hydrogens is 247 g/mol. The van der Waals surface area contributed by atoms with E-state index in [1.807, 2.05) is 13.8 Å². The van der Waals surface area contributed by atoms with Crippen LogP contribution in [-0.4, -0.2) is 17.1 Å². The lowest BCUT2D eigenvalue weighted by molar-refractivity contribution is -0.140. The normalized spacial score (nSPS) is 12.2. The first-order valence-electron chi connectivity index (χ1n) is 6.08. The summed E-state index contributed by atoms with van der Waals surface area (Å²) in [6.45, 7) is 4.19. The molecule has 1 aromatic rings. The van der Waals surface area contributed by atoms with Crippen molar-refractivity contribution in [2.45, 2.75) is 32.9 Å². The molecule has 0 aliphatic carbocycles. The molecule has 1 atom stereocenters. The summed E-state index contributed by atoms with van der Waals surface area (Å²) in [6, 6.07) is 5.30. The van der Waals surface area contributed by atoms with Crippen LogP contribution in [0.3, 0.4) is 0 Å². The number of rotatable bonds is 6. The van der Waals surface area contributed by atoms with E-state index in [0.29, 0.717) is 18.5 Å². The topological polar surface area (TPSA) is 73.1 Å². The highest BCUT2D eigenvalue weighted by molar-refractivity contribution is 5.73. The summed E-state index contributed by atoms with van der Waals surface area (Å²) in [6.07, 6.45) is 0.516. The Labute approximate surface area is 111 Å². The minimum absolute atomic E-state index is 0.0324. The third kappa shape index (κ3) is 4.68. The lowest BCUT2D eigenvalue weighted by Gasteiger charge is -2.16. The van der Waals surface area contributed by atoms with E-state index < -0.39 is 17.8 Å². The summed E-state index contributed by atoms with van der Waals surface area (Å²) < 4.78 is 13.1. The van der Waals surface area contributed by atoms with Crippen molar-refractivity contribution < 1.29 is 14.3 Å². The molecule has 4 nitrogen and oxygen atoms in total. The number of carbonyl (C=O) groups is 1. The molecule has 0 aromatic heterocycles. The van der Waals surface area contributed by atoms with Gasteiger partial charge in [0, 0.05) is 6.54 Å². The van der Waals surface area contributed by atoms with Crippen LogP contribution in [0.4, 0.5) is 4.39 Å². The molecular formula is C14H17FN2O2. The van der Waals surface area contributed by atoms with Crippen LogP contribution in [0.15, 0.2) is 18.2 Å². The second-order valence-corrected chi connectivity index (χ2v) is 4.83. The molecule has 102 valence electrons. The molecule has 0 fully saturated rings. The van der Waals surface area contributed by atoms with Crippen LogP contribution in [0.1, 0.15) is 31.4 Å². The average molecular weight is 264 g/mol. The van der Waals surface area contributed by atoms with Crippen LogP contribution in [0, 0.1) is 23.1 Å². The largest absolute Gasteiger partial charge is 0.480 e. The first-order chi connectivity index (χ1) is 8.93. The molecule has 0 heterocycles. The lowest BCUT2D eigenvalue weighted by Crippen LogP contribution is -2.37. The van der Waals surface area contributed by atoms with Gasteiger partial charge >= 0.3 is 5.97 Å². The Kier molecular flexibility index (Phi) is 5.46. The highest BCUT2D eigenvalue weighted by Gasteiger charge is 2.18. The number of aliphatic carboxylic acids is 1. The number of nitrogens with zero attached hydrogens (tertiary/aromatic N) is 1. The number of nitrogens with one attached hydrogen (secondary N) is 1. The molecule has 0 radical (unpaired) electrons. The van der Waals surface area contributed by atoms with E-state index in [2.05, 4.69) is 5.32 Å². The Morgan fingerprint density at radius 1 is 1.53 bits per heavy atom. The summed E-state index contributed by atoms with van der Waals surface area (Å²) in [5.41, 5.74) is 0.656. The Balaban J connectivity index is 2.69. The van der Waals surface area contributed by atoms with E-state index in [4.69, 9.17) is 10.4 Å². The minimum atomic E-state index is -0.906. The van der Waals surface area contributed by atoms with Crippen molar-refractivity contribution in [3.8, 4) is 6.07 Å². The number of benzene rings is 1. The van der Waals surface area contributed by atoms with Gasteiger partial charge in [-0.2, -0.15) is 5.26 Å². The van der Waals surface area contributed by atoms with Gasteiger partial charge in [-0.15, -0.1) is 0 Å². The van der Waals surface area contributed by atoms with Gasteiger partial charge < -0.3 is 10.4 Å². The van der Waals surface area contributed by atoms with E-state index >= 15 is 0 Å². The maximum absolute atomic E-state index is 13.1. The fraction of sp³-hybridized carbons (Fsp3) is 0.429. The fourth-order valence-corrected chi connectivity index (χ4v) is 1.75. The van der Waals surface area contributed by atoms with Gasteiger partial charge in [0.1, 0.15) is 17.9 Å². The predicted octanol–water partition coefficient (Wildman–Crippen LogP) is 2.29. The second-order valence-electron chi connectivity index (χ2n) is 4.83. The molecule has 1 unspecified atom stereocenters. The molecule has 0 aliphatic heterocycles. The molecule has 5 heteroatoms. The standard InChI is InChI=1S/C14H17FN2O2/c1-9(2)5-13(14(18)19)17-8-10-3-4-12(15)11(6-10)7-16/h3-4,6,9,13,17H,5,8H2,1-2H3,(H,18,19). The lowest BCUT2D eigenvalue weighted by atomic mass is 10.0. The van der Waals surface area contributed by atoms with Crippen LogP contribution in [0.25, 0.3) is 0 Å². The maximum Gasteiger partial charge on any atom is 0.320 e. The Bertz CT molecular complexity index is 495. The SMILES string of the molecule is CC(C)CC(NCc1ccc(F)c(C#N)c1)C(=O)O. The molecule has 0 saturated heterocycles. The van der Waals surface area contributed by atoms with Gasteiger partial charge in [-0.1, -0.05) is 19.9 Å². The third-order valence-corrected chi connectivity index (χ3v) is 2.71. The van der Waals surface area contributed by atoms with Crippen molar-refractivity contribution in [2.75, 3.05) is 0 Å². The molecule has 1 aromatic carbocycles. The van der Waals surface area contributed by atoms with Crippen LogP contribution >= 0.6 is 0 Å². The van der Waals surface area contributed by atoms with Crippen LogP contribution in [0.2, 0.25) is 0 Å². The molecule has 2 N–H and O–H groups in total. The first-order valence-corrected chi connectivity index (χ1v) is 6.08. The Morgan fingerprint density at radius 3 is 2.74 bits per heavy atom. The van der Waals surface area contributed by atoms with Crippen LogP contribution in [-0.2, 0) is 11.3 Å². The second kappa shape index (κ2) is 6.86. The smallest absolute Gasteiger partial charge is 0.320 e. The summed E-state index contributed by atoms with van der Waals surface area (Å²) in [4.78, 5) is 11.1. The van der Waals surface area contributed by atoms with Crippen molar-refractivity contribution in [1.82, 2.24) is 5.32 Å². The monoisotopic (exact) mass is 264 g/mol. The van der Waals surface area contributed by atoms with E-state index in [-0.39, 0.29) is 11.5 Å². The molecule has 19 heavy (non-hydrogen) atoms. The first kappa shape index (κ1) is 15.1. The summed E-state index contributed by atoms with van der Waals surface area (Å²) in [5, 5.41) is 20.7.